The van der Waals surface area contributed by atoms with Gasteiger partial charge in [0, 0.05) is 25.7 Å². The zero-order valence-electron chi connectivity index (χ0n) is 21.7. The van der Waals surface area contributed by atoms with Gasteiger partial charge >= 0.3 is 0 Å². The second-order valence-corrected chi connectivity index (χ2v) is 11.7. The number of rotatable bonds is 9. The summed E-state index contributed by atoms with van der Waals surface area (Å²) >= 11 is 5.91. The lowest BCUT2D eigenvalue weighted by Gasteiger charge is -2.22. The van der Waals surface area contributed by atoms with Crippen molar-refractivity contribution in [2.24, 2.45) is 0 Å². The quantitative estimate of drug-likeness (QED) is 0.259. The Morgan fingerprint density at radius 1 is 1.03 bits per heavy atom. The van der Waals surface area contributed by atoms with Crippen molar-refractivity contribution in [2.75, 3.05) is 14.2 Å². The maximum Gasteiger partial charge on any atom is 0.172 e. The zero-order chi connectivity index (χ0) is 27.7. The molecule has 0 amide bonds. The molecule has 11 nitrogen and oxygen atoms in total. The molecule has 4 heterocycles. The molecule has 0 N–H and O–H groups in total. The van der Waals surface area contributed by atoms with E-state index in [0.29, 0.717) is 27.8 Å². The van der Waals surface area contributed by atoms with Crippen LogP contribution in [0.1, 0.15) is 30.2 Å². The first kappa shape index (κ1) is 26.7. The number of nitrogens with zero attached hydrogens (tertiary/aromatic N) is 7. The molecule has 0 saturated heterocycles. The highest BCUT2D eigenvalue weighted by Crippen LogP contribution is 2.34. The summed E-state index contributed by atoms with van der Waals surface area (Å²) in [6.45, 7) is 3.47. The van der Waals surface area contributed by atoms with Crippen LogP contribution in [-0.2, 0) is 20.3 Å². The molecule has 5 aromatic rings. The summed E-state index contributed by atoms with van der Waals surface area (Å²) in [6.07, 6.45) is 5.39. The van der Waals surface area contributed by atoms with Crippen molar-refractivity contribution in [1.82, 2.24) is 34.3 Å². The van der Waals surface area contributed by atoms with Crippen molar-refractivity contribution in [1.29, 1.82) is 0 Å². The van der Waals surface area contributed by atoms with Gasteiger partial charge in [-0.3, -0.25) is 4.57 Å². The molecule has 5 rings (SSSR count). The molecule has 202 valence electrons. The van der Waals surface area contributed by atoms with Crippen LogP contribution in [0, 0.1) is 6.92 Å². The van der Waals surface area contributed by atoms with Gasteiger partial charge in [-0.1, -0.05) is 29.8 Å². The Kier molecular flexibility index (Phi) is 7.34. The van der Waals surface area contributed by atoms with Crippen LogP contribution in [0.25, 0.3) is 22.6 Å². The Labute approximate surface area is 230 Å². The number of methoxy groups -OCH3 is 2. The van der Waals surface area contributed by atoms with Gasteiger partial charge in [-0.15, -0.1) is 10.2 Å². The lowest BCUT2D eigenvalue weighted by Crippen LogP contribution is -2.30. The van der Waals surface area contributed by atoms with Crippen molar-refractivity contribution in [3.8, 4) is 22.8 Å². The smallest absolute Gasteiger partial charge is 0.172 e. The summed E-state index contributed by atoms with van der Waals surface area (Å²) in [5, 5.41) is 12.6. The summed E-state index contributed by atoms with van der Waals surface area (Å²) in [4.78, 5) is 8.33. The number of fused-ring (bicyclic) bond motifs is 1. The van der Waals surface area contributed by atoms with Crippen molar-refractivity contribution in [3.63, 3.8) is 0 Å². The first-order valence-corrected chi connectivity index (χ1v) is 14.1. The summed E-state index contributed by atoms with van der Waals surface area (Å²) in [5.74, 6) is 0.985. The molecular weight excluding hydrogens is 542 g/mol. The highest BCUT2D eigenvalue weighted by molar-refractivity contribution is 7.91. The number of hydrogen-bond acceptors (Lipinski definition) is 9. The van der Waals surface area contributed by atoms with Crippen molar-refractivity contribution in [3.05, 3.63) is 83.4 Å². The minimum absolute atomic E-state index is 0.214. The Bertz CT molecular complexity index is 1740. The molecule has 13 heteroatoms. The third kappa shape index (κ3) is 4.98. The lowest BCUT2D eigenvalue weighted by atomic mass is 10.1. The molecule has 0 aliphatic heterocycles. The van der Waals surface area contributed by atoms with E-state index in [9.17, 15) is 8.42 Å². The molecule has 2 atom stereocenters. The van der Waals surface area contributed by atoms with Crippen molar-refractivity contribution < 1.29 is 17.9 Å². The zero-order valence-corrected chi connectivity index (χ0v) is 23.3. The van der Waals surface area contributed by atoms with Crippen LogP contribution in [0.5, 0.6) is 5.75 Å². The normalized spacial score (nSPS) is 13.5. The fraction of sp³-hybridized carbons (Fsp3) is 0.269. The van der Waals surface area contributed by atoms with Crippen LogP contribution < -0.4 is 4.74 Å². The van der Waals surface area contributed by atoms with Crippen LogP contribution in [0.2, 0.25) is 5.02 Å². The molecule has 0 aliphatic rings. The summed E-state index contributed by atoms with van der Waals surface area (Å²) in [6, 6.07) is 11.3. The number of ether oxygens (including phenoxy) is 2. The van der Waals surface area contributed by atoms with Crippen LogP contribution in [0.3, 0.4) is 0 Å². The third-order valence-corrected chi connectivity index (χ3v) is 8.75. The van der Waals surface area contributed by atoms with Crippen molar-refractivity contribution in [2.45, 2.75) is 31.0 Å². The van der Waals surface area contributed by atoms with E-state index in [4.69, 9.17) is 21.1 Å². The SMILES string of the molecule is COc1cccc(C)c1-n1c(CS(=O)(=O)[C@@H](C)[C@H](OC)c2ncc(Cl)cn2)nnc1-c1cnn2ccccc12. The molecule has 1 aromatic carbocycles. The average Bonchev–Trinajstić information content (AvgIpc) is 3.53. The molecule has 0 fully saturated rings. The second kappa shape index (κ2) is 10.7. The summed E-state index contributed by atoms with van der Waals surface area (Å²) < 4.78 is 42.2. The Morgan fingerprint density at radius 3 is 2.51 bits per heavy atom. The standard InChI is InChI=1S/C26H26ClN7O4S/c1-16-8-7-10-21(37-3)23(16)34-22(31-32-26(34)19-14-30-33-11-6-5-9-20(19)33)15-39(35,36)17(2)24(38-4)25-28-12-18(27)13-29-25/h5-14,17,24H,15H2,1-4H3/t17-,24-/m0/s1. The van der Waals surface area contributed by atoms with Gasteiger partial charge in [0.15, 0.2) is 27.3 Å². The van der Waals surface area contributed by atoms with Gasteiger partial charge in [0.1, 0.15) is 17.6 Å². The van der Waals surface area contributed by atoms with Gasteiger partial charge in [-0.25, -0.2) is 22.9 Å². The predicted molar refractivity (Wildman–Crippen MR) is 146 cm³/mol. The van der Waals surface area contributed by atoms with E-state index in [1.54, 1.807) is 29.3 Å². The largest absolute Gasteiger partial charge is 0.495 e. The van der Waals surface area contributed by atoms with E-state index < -0.39 is 26.9 Å². The van der Waals surface area contributed by atoms with Crippen molar-refractivity contribution >= 4 is 27.0 Å². The minimum Gasteiger partial charge on any atom is -0.495 e. The number of halogens is 1. The van der Waals surface area contributed by atoms with E-state index in [1.165, 1.54) is 19.5 Å². The molecule has 0 bridgehead atoms. The lowest BCUT2D eigenvalue weighted by molar-refractivity contribution is 0.0948. The maximum absolute atomic E-state index is 13.8. The Balaban J connectivity index is 1.64. The van der Waals surface area contributed by atoms with Gasteiger partial charge in [0.2, 0.25) is 0 Å². The van der Waals surface area contributed by atoms with Gasteiger partial charge in [-0.2, -0.15) is 5.10 Å². The van der Waals surface area contributed by atoms with E-state index >= 15 is 0 Å². The van der Waals surface area contributed by atoms with Gasteiger partial charge in [0.05, 0.1) is 40.3 Å². The van der Waals surface area contributed by atoms with Gasteiger partial charge in [0.25, 0.3) is 0 Å². The Morgan fingerprint density at radius 2 is 1.79 bits per heavy atom. The van der Waals surface area contributed by atoms with Crippen LogP contribution in [0.4, 0.5) is 0 Å². The predicted octanol–water partition coefficient (Wildman–Crippen LogP) is 4.03. The maximum atomic E-state index is 13.8. The minimum atomic E-state index is -3.87. The highest BCUT2D eigenvalue weighted by atomic mass is 35.5. The number of pyridine rings is 1. The molecule has 39 heavy (non-hydrogen) atoms. The molecule has 0 radical (unpaired) electrons. The van der Waals surface area contributed by atoms with Gasteiger partial charge in [-0.05, 0) is 37.6 Å². The number of sulfone groups is 1. The number of aryl methyl sites for hydroxylation is 1. The summed E-state index contributed by atoms with van der Waals surface area (Å²) in [7, 11) is -0.891. The topological polar surface area (TPSA) is 126 Å². The second-order valence-electron chi connectivity index (χ2n) is 8.92. The fourth-order valence-corrected chi connectivity index (χ4v) is 6.00. The molecular formula is C26H26ClN7O4S. The molecule has 4 aromatic heterocycles. The number of benzene rings is 1. The van der Waals surface area contributed by atoms with E-state index in [0.717, 1.165) is 11.1 Å². The van der Waals surface area contributed by atoms with Gasteiger partial charge < -0.3 is 9.47 Å². The van der Waals surface area contributed by atoms with Crippen LogP contribution in [0.15, 0.2) is 61.2 Å². The highest BCUT2D eigenvalue weighted by Gasteiger charge is 2.35. The van der Waals surface area contributed by atoms with Crippen LogP contribution in [-0.4, -0.2) is 62.2 Å². The van der Waals surface area contributed by atoms with E-state index in [1.807, 2.05) is 49.5 Å². The Hall–Kier alpha value is -3.87. The molecule has 0 unspecified atom stereocenters. The monoisotopic (exact) mass is 567 g/mol. The number of para-hydroxylation sites is 1. The third-order valence-electron chi connectivity index (χ3n) is 6.51. The van der Waals surface area contributed by atoms with Crippen LogP contribution >= 0.6 is 11.6 Å². The number of aromatic nitrogens is 7. The molecule has 0 aliphatic carbocycles. The first-order chi connectivity index (χ1) is 18.7. The van der Waals surface area contributed by atoms with E-state index in [-0.39, 0.29) is 11.6 Å². The first-order valence-electron chi connectivity index (χ1n) is 12.0. The number of hydrogen-bond donors (Lipinski definition) is 0. The van der Waals surface area contributed by atoms with E-state index in [2.05, 4.69) is 25.3 Å². The fourth-order valence-electron chi connectivity index (χ4n) is 4.49. The molecule has 0 spiro atoms. The molecule has 0 saturated carbocycles. The summed E-state index contributed by atoms with van der Waals surface area (Å²) in [5.41, 5.74) is 2.97. The average molecular weight is 568 g/mol.